The number of pyridine rings is 1. The van der Waals surface area contributed by atoms with Gasteiger partial charge >= 0.3 is 0 Å². The van der Waals surface area contributed by atoms with Crippen LogP contribution < -0.4 is 0 Å². The molecule has 0 N–H and O–H groups in total. The molecule has 0 fully saturated rings. The first-order valence-corrected chi connectivity index (χ1v) is 20.1. The van der Waals surface area contributed by atoms with Crippen molar-refractivity contribution in [3.05, 3.63) is 205 Å². The fourth-order valence-electron chi connectivity index (χ4n) is 8.89. The highest BCUT2D eigenvalue weighted by molar-refractivity contribution is 6.06. The molecular weight excluding hydrogens is 717 g/mol. The lowest BCUT2D eigenvalue weighted by Crippen LogP contribution is -2.14. The van der Waals surface area contributed by atoms with Crippen molar-refractivity contribution in [2.24, 2.45) is 0 Å². The molecule has 0 saturated heterocycles. The lowest BCUT2D eigenvalue weighted by molar-refractivity contribution is 0.661. The Morgan fingerprint density at radius 2 is 0.881 bits per heavy atom. The number of rotatable bonds is 6. The molecule has 0 unspecified atom stereocenters. The van der Waals surface area contributed by atoms with E-state index in [2.05, 4.69) is 147 Å². The van der Waals surface area contributed by atoms with Crippen LogP contribution in [0.25, 0.3) is 100 Å². The molecule has 0 radical (unpaired) electrons. The molecule has 10 aromatic rings. The Balaban J connectivity index is 1.12. The predicted octanol–water partition coefficient (Wildman–Crippen LogP) is 13.9. The van der Waals surface area contributed by atoms with Crippen molar-refractivity contribution < 1.29 is 0 Å². The van der Waals surface area contributed by atoms with Crippen LogP contribution in [0.4, 0.5) is 0 Å². The minimum atomic E-state index is -0.131. The Kier molecular flexibility index (Phi) is 8.12. The molecule has 8 aromatic carbocycles. The lowest BCUT2D eigenvalue weighted by atomic mass is 9.82. The summed E-state index contributed by atoms with van der Waals surface area (Å²) in [6.45, 7) is 4.66. The number of benzene rings is 8. The third-order valence-corrected chi connectivity index (χ3v) is 11.9. The lowest BCUT2D eigenvalue weighted by Gasteiger charge is -2.22. The van der Waals surface area contributed by atoms with Gasteiger partial charge in [0.05, 0.1) is 11.2 Å². The van der Waals surface area contributed by atoms with Gasteiger partial charge in [-0.2, -0.15) is 0 Å². The zero-order valence-electron chi connectivity index (χ0n) is 32.8. The third kappa shape index (κ3) is 6.00. The minimum absolute atomic E-state index is 0.131. The Hall–Kier alpha value is -7.56. The van der Waals surface area contributed by atoms with Crippen molar-refractivity contribution in [2.75, 3.05) is 0 Å². The molecule has 1 aliphatic carbocycles. The Bertz CT molecular complexity index is 3170. The van der Waals surface area contributed by atoms with E-state index in [0.29, 0.717) is 17.5 Å². The van der Waals surface area contributed by atoms with Gasteiger partial charge in [0.25, 0.3) is 0 Å². The number of hydrogen-bond donors (Lipinski definition) is 0. The second-order valence-electron chi connectivity index (χ2n) is 15.9. The van der Waals surface area contributed by atoms with E-state index in [0.717, 1.165) is 61.1 Å². The zero-order valence-corrected chi connectivity index (χ0v) is 32.8. The fraction of sp³-hybridized carbons (Fsp3) is 0.0545. The summed E-state index contributed by atoms with van der Waals surface area (Å²) in [5.74, 6) is 1.91. The van der Waals surface area contributed by atoms with E-state index in [4.69, 9.17) is 19.9 Å². The Morgan fingerprint density at radius 1 is 0.322 bits per heavy atom. The van der Waals surface area contributed by atoms with Gasteiger partial charge in [0.15, 0.2) is 17.5 Å². The molecule has 2 heterocycles. The summed E-state index contributed by atoms with van der Waals surface area (Å²) in [5, 5.41) is 3.48. The summed E-state index contributed by atoms with van der Waals surface area (Å²) in [5.41, 5.74) is 15.5. The maximum absolute atomic E-state index is 5.36. The normalized spacial score (nSPS) is 12.7. The van der Waals surface area contributed by atoms with Gasteiger partial charge in [0.1, 0.15) is 0 Å². The summed E-state index contributed by atoms with van der Waals surface area (Å²) in [7, 11) is 0. The van der Waals surface area contributed by atoms with E-state index in [1.165, 1.54) is 33.0 Å². The van der Waals surface area contributed by atoms with Crippen LogP contribution in [0.2, 0.25) is 0 Å². The number of aromatic nitrogens is 4. The van der Waals surface area contributed by atoms with Crippen LogP contribution >= 0.6 is 0 Å². The smallest absolute Gasteiger partial charge is 0.164 e. The molecule has 4 heteroatoms. The highest BCUT2D eigenvalue weighted by Crippen LogP contribution is 2.51. The number of nitrogens with zero attached hydrogens (tertiary/aromatic N) is 4. The number of hydrogen-bond acceptors (Lipinski definition) is 4. The second-order valence-corrected chi connectivity index (χ2v) is 15.9. The summed E-state index contributed by atoms with van der Waals surface area (Å²) in [4.78, 5) is 20.4. The molecule has 0 spiro atoms. The van der Waals surface area contributed by atoms with Gasteiger partial charge in [-0.3, -0.25) is 0 Å². The van der Waals surface area contributed by atoms with E-state index >= 15 is 0 Å². The summed E-state index contributed by atoms with van der Waals surface area (Å²) >= 11 is 0. The molecule has 278 valence electrons. The fourth-order valence-corrected chi connectivity index (χ4v) is 8.89. The predicted molar refractivity (Wildman–Crippen MR) is 243 cm³/mol. The zero-order chi connectivity index (χ0) is 39.5. The third-order valence-electron chi connectivity index (χ3n) is 11.9. The monoisotopic (exact) mass is 754 g/mol. The Labute approximate surface area is 343 Å². The average molecular weight is 755 g/mol. The SMILES string of the molecule is CC1(C)c2ccccc2-c2cc3c(-c4cc(-c5cccc(-c6nc(-c7ccccc7)nc(-c7ccccc7)n6)c5)c5ccccc5c4)cc(-c4ccccc4)nc3cc21. The van der Waals surface area contributed by atoms with E-state index in [-0.39, 0.29) is 5.41 Å². The molecule has 0 amide bonds. The minimum Gasteiger partial charge on any atom is -0.248 e. The molecule has 0 saturated carbocycles. The van der Waals surface area contributed by atoms with Crippen LogP contribution in [-0.2, 0) is 5.41 Å². The average Bonchev–Trinajstić information content (AvgIpc) is 3.53. The highest BCUT2D eigenvalue weighted by atomic mass is 15.0. The first-order chi connectivity index (χ1) is 29.0. The summed E-state index contributed by atoms with van der Waals surface area (Å²) < 4.78 is 0. The van der Waals surface area contributed by atoms with Gasteiger partial charge in [-0.25, -0.2) is 19.9 Å². The van der Waals surface area contributed by atoms with Crippen molar-refractivity contribution in [3.8, 4) is 78.8 Å². The van der Waals surface area contributed by atoms with Crippen molar-refractivity contribution in [3.63, 3.8) is 0 Å². The highest BCUT2D eigenvalue weighted by Gasteiger charge is 2.36. The summed E-state index contributed by atoms with van der Waals surface area (Å²) in [6.07, 6.45) is 0. The van der Waals surface area contributed by atoms with Crippen molar-refractivity contribution in [2.45, 2.75) is 19.3 Å². The van der Waals surface area contributed by atoms with Gasteiger partial charge in [0, 0.05) is 33.1 Å². The quantitative estimate of drug-likeness (QED) is 0.170. The second kappa shape index (κ2) is 13.8. The molecule has 0 bridgehead atoms. The van der Waals surface area contributed by atoms with Crippen LogP contribution in [0.1, 0.15) is 25.0 Å². The van der Waals surface area contributed by atoms with E-state index in [1.54, 1.807) is 0 Å². The van der Waals surface area contributed by atoms with E-state index < -0.39 is 0 Å². The first-order valence-electron chi connectivity index (χ1n) is 20.1. The van der Waals surface area contributed by atoms with Gasteiger partial charge < -0.3 is 0 Å². The van der Waals surface area contributed by atoms with Crippen LogP contribution in [0.15, 0.2) is 194 Å². The van der Waals surface area contributed by atoms with Gasteiger partial charge in [-0.1, -0.05) is 172 Å². The molecule has 0 atom stereocenters. The van der Waals surface area contributed by atoms with E-state index in [1.807, 2.05) is 60.7 Å². The van der Waals surface area contributed by atoms with E-state index in [9.17, 15) is 0 Å². The topological polar surface area (TPSA) is 51.6 Å². The molecule has 2 aromatic heterocycles. The van der Waals surface area contributed by atoms with Crippen molar-refractivity contribution in [1.29, 1.82) is 0 Å². The maximum atomic E-state index is 5.36. The van der Waals surface area contributed by atoms with Gasteiger partial charge in [-0.15, -0.1) is 0 Å². The van der Waals surface area contributed by atoms with Gasteiger partial charge in [0.2, 0.25) is 0 Å². The van der Waals surface area contributed by atoms with Crippen molar-refractivity contribution >= 4 is 21.7 Å². The van der Waals surface area contributed by atoms with Crippen molar-refractivity contribution in [1.82, 2.24) is 19.9 Å². The van der Waals surface area contributed by atoms with Gasteiger partial charge in [-0.05, 0) is 91.7 Å². The molecule has 4 nitrogen and oxygen atoms in total. The van der Waals surface area contributed by atoms with Crippen LogP contribution in [0.5, 0.6) is 0 Å². The molecule has 59 heavy (non-hydrogen) atoms. The first kappa shape index (κ1) is 34.7. The largest absolute Gasteiger partial charge is 0.248 e. The molecule has 1 aliphatic rings. The Morgan fingerprint density at radius 3 is 1.59 bits per heavy atom. The van der Waals surface area contributed by atoms with Crippen LogP contribution in [-0.4, -0.2) is 19.9 Å². The standard InChI is InChI=1S/C55H38N4/c1-55(2)48-28-15-14-27-43(48)46-32-47-45(33-50(35-17-6-3-7-18-35)56-51(47)34-49(46)55)41-30-38-23-12-13-26-42(38)44(31-41)39-24-16-25-40(29-39)54-58-52(36-19-8-4-9-20-36)57-53(59-54)37-21-10-5-11-22-37/h3-34H,1-2H3. The maximum Gasteiger partial charge on any atom is 0.164 e. The van der Waals surface area contributed by atoms with Crippen LogP contribution in [0, 0.1) is 0 Å². The number of fused-ring (bicyclic) bond motifs is 5. The molecular formula is C55H38N4. The molecule has 11 rings (SSSR count). The summed E-state index contributed by atoms with van der Waals surface area (Å²) in [6, 6.07) is 68.6. The van der Waals surface area contributed by atoms with Crippen LogP contribution in [0.3, 0.4) is 0 Å². The molecule has 0 aliphatic heterocycles.